The number of nitrogens with zero attached hydrogens (tertiary/aromatic N) is 3. The van der Waals surface area contributed by atoms with Gasteiger partial charge in [-0.1, -0.05) is 0 Å². The zero-order chi connectivity index (χ0) is 15.6. The Hall–Kier alpha value is -2.58. The molecule has 0 radical (unpaired) electrons. The molecule has 0 aromatic carbocycles. The van der Waals surface area contributed by atoms with Gasteiger partial charge >= 0.3 is 5.97 Å². The van der Waals surface area contributed by atoms with Gasteiger partial charge in [0.05, 0.1) is 13.3 Å². The largest absolute Gasteiger partial charge is 0.468 e. The third-order valence-electron chi connectivity index (χ3n) is 2.72. The van der Waals surface area contributed by atoms with E-state index in [4.69, 9.17) is 0 Å². The van der Waals surface area contributed by atoms with E-state index in [0.29, 0.717) is 5.69 Å². The number of carbonyl (C=O) groups excluding carboxylic acids is 2. The summed E-state index contributed by atoms with van der Waals surface area (Å²) in [6.45, 7) is 1.20. The summed E-state index contributed by atoms with van der Waals surface area (Å²) in [5, 5.41) is 6.05. The van der Waals surface area contributed by atoms with Crippen LogP contribution in [-0.4, -0.2) is 40.1 Å². The number of aryl methyl sites for hydroxylation is 1. The quantitative estimate of drug-likeness (QED) is 0.847. The number of alkyl halides is 2. The van der Waals surface area contributed by atoms with Crippen molar-refractivity contribution >= 4 is 17.5 Å². The lowest BCUT2D eigenvalue weighted by Crippen LogP contribution is -2.30. The molecule has 2 aromatic rings. The van der Waals surface area contributed by atoms with Crippen LogP contribution in [0.1, 0.15) is 28.2 Å². The van der Waals surface area contributed by atoms with Gasteiger partial charge in [-0.2, -0.15) is 5.10 Å². The fourth-order valence-corrected chi connectivity index (χ4v) is 1.75. The van der Waals surface area contributed by atoms with Crippen LogP contribution in [0.4, 0.5) is 8.78 Å². The van der Waals surface area contributed by atoms with Crippen LogP contribution < -0.4 is 5.32 Å². The molecule has 0 bridgehead atoms. The Morgan fingerprint density at radius 1 is 1.48 bits per heavy atom. The minimum atomic E-state index is -2.75. The molecular formula is C12H12F2N4O3. The molecule has 0 fully saturated rings. The number of halogens is 2. The molecule has 1 N–H and O–H groups in total. The van der Waals surface area contributed by atoms with Gasteiger partial charge in [0, 0.05) is 5.69 Å². The van der Waals surface area contributed by atoms with Crippen LogP contribution in [0, 0.1) is 6.92 Å². The molecule has 0 aliphatic heterocycles. The zero-order valence-electron chi connectivity index (χ0n) is 11.3. The first-order valence-electron chi connectivity index (χ1n) is 5.92. The minimum Gasteiger partial charge on any atom is -0.468 e. The number of fused-ring (bicyclic) bond motifs is 1. The van der Waals surface area contributed by atoms with E-state index in [1.54, 1.807) is 0 Å². The molecule has 0 saturated carbocycles. The van der Waals surface area contributed by atoms with Crippen LogP contribution >= 0.6 is 0 Å². The zero-order valence-corrected chi connectivity index (χ0v) is 11.3. The van der Waals surface area contributed by atoms with Crippen molar-refractivity contribution in [3.05, 3.63) is 29.2 Å². The van der Waals surface area contributed by atoms with Crippen LogP contribution in [0.25, 0.3) is 5.65 Å². The molecular weight excluding hydrogens is 286 g/mol. The Balaban J connectivity index is 2.37. The average Bonchev–Trinajstić information content (AvgIpc) is 2.86. The monoisotopic (exact) mass is 298 g/mol. The van der Waals surface area contributed by atoms with Gasteiger partial charge in [-0.05, 0) is 13.0 Å². The number of esters is 1. The first kappa shape index (κ1) is 14.8. The van der Waals surface area contributed by atoms with Crippen LogP contribution in [0.5, 0.6) is 0 Å². The van der Waals surface area contributed by atoms with Crippen molar-refractivity contribution in [1.82, 2.24) is 19.9 Å². The Labute approximate surface area is 117 Å². The third kappa shape index (κ3) is 2.96. The van der Waals surface area contributed by atoms with Crippen molar-refractivity contribution in [2.75, 3.05) is 13.7 Å². The van der Waals surface area contributed by atoms with Crippen LogP contribution in [0.3, 0.4) is 0 Å². The predicted molar refractivity (Wildman–Crippen MR) is 67.0 cm³/mol. The summed E-state index contributed by atoms with van der Waals surface area (Å²) < 4.78 is 31.2. The number of ether oxygens (including phenoxy) is 1. The highest BCUT2D eigenvalue weighted by molar-refractivity contribution is 6.00. The molecule has 1 amide bonds. The summed E-state index contributed by atoms with van der Waals surface area (Å²) >= 11 is 0. The fraction of sp³-hybridized carbons (Fsp3) is 0.333. The summed E-state index contributed by atoms with van der Waals surface area (Å²) in [6, 6.07) is 1.20. The van der Waals surface area contributed by atoms with Crippen LogP contribution in [0.15, 0.2) is 12.3 Å². The normalized spacial score (nSPS) is 10.9. The minimum absolute atomic E-state index is 0.00417. The number of methoxy groups -OCH3 is 1. The van der Waals surface area contributed by atoms with Gasteiger partial charge in [-0.25, -0.2) is 18.3 Å². The average molecular weight is 298 g/mol. The van der Waals surface area contributed by atoms with E-state index in [1.165, 1.54) is 20.1 Å². The predicted octanol–water partition coefficient (Wildman–Crippen LogP) is 0.878. The number of hydrogen-bond acceptors (Lipinski definition) is 5. The number of rotatable bonds is 4. The van der Waals surface area contributed by atoms with E-state index in [9.17, 15) is 18.4 Å². The summed E-state index contributed by atoms with van der Waals surface area (Å²) in [5.41, 5.74) is -0.0120. The Bertz CT molecular complexity index is 699. The van der Waals surface area contributed by atoms with Crippen molar-refractivity contribution in [2.24, 2.45) is 0 Å². The molecule has 2 rings (SSSR count). The SMILES string of the molecule is COC(=O)CNC(=O)c1cnn2c(C(F)F)cc(C)nc12. The Morgan fingerprint density at radius 3 is 2.81 bits per heavy atom. The van der Waals surface area contributed by atoms with Crippen molar-refractivity contribution in [3.63, 3.8) is 0 Å². The van der Waals surface area contributed by atoms with E-state index < -0.39 is 18.3 Å². The second-order valence-corrected chi connectivity index (χ2v) is 4.18. The summed E-state index contributed by atoms with van der Waals surface area (Å²) in [5.74, 6) is -1.27. The van der Waals surface area contributed by atoms with Crippen molar-refractivity contribution in [1.29, 1.82) is 0 Å². The fourth-order valence-electron chi connectivity index (χ4n) is 1.75. The molecule has 2 aromatic heterocycles. The number of amides is 1. The van der Waals surface area contributed by atoms with Gasteiger partial charge in [-0.3, -0.25) is 9.59 Å². The molecule has 0 aliphatic rings. The molecule has 9 heteroatoms. The Morgan fingerprint density at radius 2 is 2.19 bits per heavy atom. The second kappa shape index (κ2) is 5.81. The van der Waals surface area contributed by atoms with Crippen molar-refractivity contribution in [2.45, 2.75) is 13.3 Å². The molecule has 2 heterocycles. The number of carbonyl (C=O) groups is 2. The van der Waals surface area contributed by atoms with E-state index in [1.807, 2.05) is 0 Å². The number of hydrogen-bond donors (Lipinski definition) is 1. The summed E-state index contributed by atoms with van der Waals surface area (Å²) in [4.78, 5) is 26.9. The van der Waals surface area contributed by atoms with Gasteiger partial charge in [-0.15, -0.1) is 0 Å². The molecule has 21 heavy (non-hydrogen) atoms. The van der Waals surface area contributed by atoms with Gasteiger partial charge in [0.1, 0.15) is 17.8 Å². The second-order valence-electron chi connectivity index (χ2n) is 4.18. The molecule has 0 saturated heterocycles. The Kier molecular flexibility index (Phi) is 4.10. The third-order valence-corrected chi connectivity index (χ3v) is 2.72. The maximum absolute atomic E-state index is 12.9. The first-order chi connectivity index (χ1) is 9.93. The highest BCUT2D eigenvalue weighted by atomic mass is 19.3. The van der Waals surface area contributed by atoms with Gasteiger partial charge in [0.15, 0.2) is 5.65 Å². The molecule has 0 unspecified atom stereocenters. The topological polar surface area (TPSA) is 85.6 Å². The molecule has 0 spiro atoms. The van der Waals surface area contributed by atoms with Crippen LogP contribution in [-0.2, 0) is 9.53 Å². The highest BCUT2D eigenvalue weighted by Gasteiger charge is 2.20. The molecule has 112 valence electrons. The number of nitrogens with one attached hydrogen (secondary N) is 1. The van der Waals surface area contributed by atoms with E-state index in [0.717, 1.165) is 10.7 Å². The number of aromatic nitrogens is 3. The molecule has 0 atom stereocenters. The standard InChI is InChI=1S/C12H12F2N4O3/c1-6-3-8(10(13)14)18-11(17-6)7(4-16-18)12(20)15-5-9(19)21-2/h3-4,10H,5H2,1-2H3,(H,15,20). The van der Waals surface area contributed by atoms with Gasteiger partial charge in [0.2, 0.25) is 0 Å². The maximum atomic E-state index is 12.9. The summed E-state index contributed by atoms with van der Waals surface area (Å²) in [7, 11) is 1.18. The van der Waals surface area contributed by atoms with E-state index >= 15 is 0 Å². The van der Waals surface area contributed by atoms with Crippen LogP contribution in [0.2, 0.25) is 0 Å². The van der Waals surface area contributed by atoms with Crippen molar-refractivity contribution in [3.8, 4) is 0 Å². The lowest BCUT2D eigenvalue weighted by molar-refractivity contribution is -0.139. The molecule has 0 aliphatic carbocycles. The molecule has 7 nitrogen and oxygen atoms in total. The lowest BCUT2D eigenvalue weighted by Gasteiger charge is -2.06. The van der Waals surface area contributed by atoms with E-state index in [2.05, 4.69) is 20.1 Å². The lowest BCUT2D eigenvalue weighted by atomic mass is 10.3. The highest BCUT2D eigenvalue weighted by Crippen LogP contribution is 2.21. The smallest absolute Gasteiger partial charge is 0.325 e. The van der Waals surface area contributed by atoms with E-state index in [-0.39, 0.29) is 23.4 Å². The van der Waals surface area contributed by atoms with Crippen molar-refractivity contribution < 1.29 is 23.1 Å². The summed E-state index contributed by atoms with van der Waals surface area (Å²) in [6.07, 6.45) is -1.62. The van der Waals surface area contributed by atoms with Gasteiger partial charge in [0.25, 0.3) is 12.3 Å². The first-order valence-corrected chi connectivity index (χ1v) is 5.92. The van der Waals surface area contributed by atoms with Gasteiger partial charge < -0.3 is 10.1 Å². The maximum Gasteiger partial charge on any atom is 0.325 e.